The molecule has 1 nitrogen and oxygen atoms in total. The van der Waals surface area contributed by atoms with Gasteiger partial charge in [-0.15, -0.1) is 0 Å². The molecule has 11 heavy (non-hydrogen) atoms. The second-order valence-electron chi connectivity index (χ2n) is 4.07. The van der Waals surface area contributed by atoms with Gasteiger partial charge in [0, 0.05) is 0 Å². The van der Waals surface area contributed by atoms with Crippen LogP contribution in [0.2, 0.25) is 0 Å². The third-order valence-corrected chi connectivity index (χ3v) is 1.68. The zero-order valence-corrected chi connectivity index (χ0v) is 7.98. The largest absolute Gasteiger partial charge is 0.331 e. The van der Waals surface area contributed by atoms with E-state index in [2.05, 4.69) is 28.1 Å². The van der Waals surface area contributed by atoms with Crippen LogP contribution in [0.1, 0.15) is 32.6 Å². The van der Waals surface area contributed by atoms with Crippen LogP contribution < -0.4 is 0 Å². The molecule has 0 spiro atoms. The van der Waals surface area contributed by atoms with Crippen LogP contribution >= 0.6 is 0 Å². The summed E-state index contributed by atoms with van der Waals surface area (Å²) in [6, 6.07) is 0. The van der Waals surface area contributed by atoms with Crippen molar-refractivity contribution in [1.82, 2.24) is 0 Å². The van der Waals surface area contributed by atoms with E-state index in [1.54, 1.807) is 0 Å². The molecular formula is C9H25BN+. The smallest absolute Gasteiger partial charge is 0.0814 e. The van der Waals surface area contributed by atoms with Gasteiger partial charge in [-0.1, -0.05) is 19.8 Å². The minimum absolute atomic E-state index is 0. The van der Waals surface area contributed by atoms with Crippen molar-refractivity contribution in [1.29, 1.82) is 0 Å². The Morgan fingerprint density at radius 2 is 1.45 bits per heavy atom. The van der Waals surface area contributed by atoms with Crippen molar-refractivity contribution in [3.05, 3.63) is 0 Å². The van der Waals surface area contributed by atoms with Gasteiger partial charge in [0.05, 0.1) is 36.1 Å². The first-order chi connectivity index (χ1) is 4.56. The average Bonchev–Trinajstić information content (AvgIpc) is 1.78. The SMILES string of the molecule is B.CCCCCC[N+](C)(C)C. The van der Waals surface area contributed by atoms with Crippen molar-refractivity contribution in [2.24, 2.45) is 0 Å². The number of quaternary nitrogens is 1. The molecule has 0 N–H and O–H groups in total. The second kappa shape index (κ2) is 6.72. The van der Waals surface area contributed by atoms with E-state index >= 15 is 0 Å². The third-order valence-electron chi connectivity index (χ3n) is 1.68. The zero-order chi connectivity index (χ0) is 8.04. The summed E-state index contributed by atoms with van der Waals surface area (Å²) < 4.78 is 1.11. The Balaban J connectivity index is 0. The van der Waals surface area contributed by atoms with Gasteiger partial charge < -0.3 is 4.48 Å². The molecule has 0 saturated heterocycles. The average molecular weight is 158 g/mol. The fourth-order valence-corrected chi connectivity index (χ4v) is 1.01. The van der Waals surface area contributed by atoms with E-state index in [-0.39, 0.29) is 8.41 Å². The second-order valence-corrected chi connectivity index (χ2v) is 4.07. The summed E-state index contributed by atoms with van der Waals surface area (Å²) >= 11 is 0. The molecule has 2 heteroatoms. The maximum absolute atomic E-state index is 2.26. The maximum Gasteiger partial charge on any atom is 0.0814 e. The first kappa shape index (κ1) is 13.6. The van der Waals surface area contributed by atoms with Crippen molar-refractivity contribution in [3.8, 4) is 0 Å². The molecule has 0 aromatic carbocycles. The molecule has 68 valence electrons. The molecule has 0 saturated carbocycles. The lowest BCUT2D eigenvalue weighted by atomic mass is 10.2. The monoisotopic (exact) mass is 158 g/mol. The summed E-state index contributed by atoms with van der Waals surface area (Å²) in [4.78, 5) is 0. The Morgan fingerprint density at radius 1 is 0.909 bits per heavy atom. The molecule has 0 bridgehead atoms. The van der Waals surface area contributed by atoms with E-state index in [0.29, 0.717) is 0 Å². The molecule has 0 aliphatic heterocycles. The van der Waals surface area contributed by atoms with Gasteiger partial charge in [-0.3, -0.25) is 0 Å². The van der Waals surface area contributed by atoms with E-state index < -0.39 is 0 Å². The van der Waals surface area contributed by atoms with Crippen molar-refractivity contribution < 1.29 is 4.48 Å². The van der Waals surface area contributed by atoms with Crippen molar-refractivity contribution >= 4 is 8.41 Å². The van der Waals surface area contributed by atoms with Gasteiger partial charge in [-0.25, -0.2) is 0 Å². The highest BCUT2D eigenvalue weighted by atomic mass is 15.3. The highest BCUT2D eigenvalue weighted by Gasteiger charge is 2.04. The lowest BCUT2D eigenvalue weighted by Gasteiger charge is -2.23. The summed E-state index contributed by atoms with van der Waals surface area (Å²) in [6.07, 6.45) is 5.54. The van der Waals surface area contributed by atoms with Crippen LogP contribution in [-0.4, -0.2) is 40.6 Å². The Morgan fingerprint density at radius 3 is 1.82 bits per heavy atom. The minimum atomic E-state index is 0. The van der Waals surface area contributed by atoms with E-state index in [4.69, 9.17) is 0 Å². The predicted octanol–water partition coefficient (Wildman–Crippen LogP) is 1.09. The lowest BCUT2D eigenvalue weighted by Crippen LogP contribution is -2.35. The highest BCUT2D eigenvalue weighted by Crippen LogP contribution is 2.01. The van der Waals surface area contributed by atoms with Gasteiger partial charge in [0.1, 0.15) is 0 Å². The van der Waals surface area contributed by atoms with Crippen LogP contribution in [0.4, 0.5) is 0 Å². The van der Waals surface area contributed by atoms with Gasteiger partial charge in [-0.05, 0) is 12.8 Å². The number of rotatable bonds is 5. The molecule has 0 fully saturated rings. The first-order valence-electron chi connectivity index (χ1n) is 4.36. The van der Waals surface area contributed by atoms with Crippen molar-refractivity contribution in [2.45, 2.75) is 32.6 Å². The standard InChI is InChI=1S/C9H22N.BH3/c1-5-6-7-8-9-10(2,3)4;/h5-9H2,1-4H3;1H3/q+1;. The quantitative estimate of drug-likeness (QED) is 0.319. The molecule has 0 amide bonds. The Kier molecular flexibility index (Phi) is 8.31. The molecule has 0 heterocycles. The van der Waals surface area contributed by atoms with E-state index in [9.17, 15) is 0 Å². The Hall–Kier alpha value is 0.0249. The van der Waals surface area contributed by atoms with Crippen LogP contribution in [0.5, 0.6) is 0 Å². The lowest BCUT2D eigenvalue weighted by molar-refractivity contribution is -0.870. The van der Waals surface area contributed by atoms with Crippen LogP contribution in [0.25, 0.3) is 0 Å². The third kappa shape index (κ3) is 13.1. The molecular weight excluding hydrogens is 133 g/mol. The molecule has 0 atom stereocenters. The van der Waals surface area contributed by atoms with Crippen LogP contribution in [0, 0.1) is 0 Å². The van der Waals surface area contributed by atoms with Gasteiger partial charge in [0.15, 0.2) is 0 Å². The first-order valence-corrected chi connectivity index (χ1v) is 4.36. The minimum Gasteiger partial charge on any atom is -0.331 e. The van der Waals surface area contributed by atoms with E-state index in [0.717, 1.165) is 4.48 Å². The highest BCUT2D eigenvalue weighted by molar-refractivity contribution is 5.75. The Labute approximate surface area is 74.0 Å². The van der Waals surface area contributed by atoms with Gasteiger partial charge in [-0.2, -0.15) is 0 Å². The van der Waals surface area contributed by atoms with Gasteiger partial charge in [0.2, 0.25) is 0 Å². The van der Waals surface area contributed by atoms with Gasteiger partial charge in [0.25, 0.3) is 0 Å². The summed E-state index contributed by atoms with van der Waals surface area (Å²) in [6.45, 7) is 3.58. The van der Waals surface area contributed by atoms with E-state index in [1.165, 1.54) is 32.2 Å². The number of unbranched alkanes of at least 4 members (excludes halogenated alkanes) is 3. The summed E-state index contributed by atoms with van der Waals surface area (Å²) in [5.41, 5.74) is 0. The summed E-state index contributed by atoms with van der Waals surface area (Å²) in [7, 11) is 6.77. The topological polar surface area (TPSA) is 0 Å². The van der Waals surface area contributed by atoms with Gasteiger partial charge >= 0.3 is 0 Å². The fraction of sp³-hybridized carbons (Fsp3) is 1.00. The maximum atomic E-state index is 2.26. The predicted molar refractivity (Wildman–Crippen MR) is 57.0 cm³/mol. The van der Waals surface area contributed by atoms with E-state index in [1.807, 2.05) is 0 Å². The Bertz CT molecular complexity index is 76.1. The van der Waals surface area contributed by atoms with Crippen LogP contribution in [0.15, 0.2) is 0 Å². The fourth-order valence-electron chi connectivity index (χ4n) is 1.01. The zero-order valence-electron chi connectivity index (χ0n) is 7.98. The van der Waals surface area contributed by atoms with Crippen molar-refractivity contribution in [3.63, 3.8) is 0 Å². The number of nitrogens with zero attached hydrogens (tertiary/aromatic N) is 1. The molecule has 0 rings (SSSR count). The molecule has 0 radical (unpaired) electrons. The number of hydrogen-bond donors (Lipinski definition) is 0. The molecule has 0 aromatic heterocycles. The molecule has 0 aromatic rings. The number of hydrogen-bond acceptors (Lipinski definition) is 0. The molecule has 0 aliphatic carbocycles. The normalized spacial score (nSPS) is 10.9. The summed E-state index contributed by atoms with van der Waals surface area (Å²) in [5, 5.41) is 0. The van der Waals surface area contributed by atoms with Crippen LogP contribution in [0.3, 0.4) is 0 Å². The molecule has 0 unspecified atom stereocenters. The van der Waals surface area contributed by atoms with Crippen molar-refractivity contribution in [2.75, 3.05) is 27.7 Å². The van der Waals surface area contributed by atoms with Crippen LogP contribution in [-0.2, 0) is 0 Å². The molecule has 0 aliphatic rings. The summed E-state index contributed by atoms with van der Waals surface area (Å²) in [5.74, 6) is 0.